The Morgan fingerprint density at radius 1 is 1.09 bits per heavy atom. The number of hydrogen-bond donors (Lipinski definition) is 1. The first-order valence-electron chi connectivity index (χ1n) is 9.54. The molecule has 4 rings (SSSR count). The Hall–Kier alpha value is -4.04. The largest absolute Gasteiger partial charge is 0.323 e. The van der Waals surface area contributed by atoms with Crippen molar-refractivity contribution in [3.8, 4) is 16.9 Å². The number of hydrogen-bond acceptors (Lipinski definition) is 4. The van der Waals surface area contributed by atoms with Gasteiger partial charge in [0.2, 0.25) is 5.91 Å². The minimum Gasteiger partial charge on any atom is -0.323 e. The van der Waals surface area contributed by atoms with Gasteiger partial charge in [0.15, 0.2) is 0 Å². The SMILES string of the molecule is O=C(Cc1cn(-c2ccccc2)nc1-c1ccc([N+](=O)[O-])cc1)Nc1ccc(Cl)cc1F. The molecule has 32 heavy (non-hydrogen) atoms. The van der Waals surface area contributed by atoms with E-state index in [0.717, 1.165) is 11.8 Å². The molecule has 0 atom stereocenters. The number of halogens is 2. The predicted octanol–water partition coefficient (Wildman–Crippen LogP) is 5.42. The maximum absolute atomic E-state index is 14.1. The number of nitro groups is 1. The zero-order chi connectivity index (χ0) is 22.7. The van der Waals surface area contributed by atoms with Crippen molar-refractivity contribution in [1.29, 1.82) is 0 Å². The van der Waals surface area contributed by atoms with Crippen molar-refractivity contribution < 1.29 is 14.1 Å². The van der Waals surface area contributed by atoms with Crippen molar-refractivity contribution >= 4 is 28.9 Å². The molecular weight excluding hydrogens is 435 g/mol. The Bertz CT molecular complexity index is 1290. The number of benzene rings is 3. The van der Waals surface area contributed by atoms with Gasteiger partial charge in [0, 0.05) is 34.5 Å². The van der Waals surface area contributed by atoms with Crippen molar-refractivity contribution in [3.05, 3.63) is 106 Å². The molecule has 0 spiro atoms. The average Bonchev–Trinajstić information content (AvgIpc) is 3.20. The van der Waals surface area contributed by atoms with Crippen LogP contribution < -0.4 is 5.32 Å². The summed E-state index contributed by atoms with van der Waals surface area (Å²) in [6.07, 6.45) is 1.63. The van der Waals surface area contributed by atoms with Crippen molar-refractivity contribution in [2.24, 2.45) is 0 Å². The summed E-state index contributed by atoms with van der Waals surface area (Å²) in [6.45, 7) is 0. The van der Waals surface area contributed by atoms with E-state index in [2.05, 4.69) is 10.4 Å². The van der Waals surface area contributed by atoms with Crippen LogP contribution in [0.15, 0.2) is 79.0 Å². The van der Waals surface area contributed by atoms with Crippen LogP contribution in [0.25, 0.3) is 16.9 Å². The van der Waals surface area contributed by atoms with Gasteiger partial charge in [-0.25, -0.2) is 9.07 Å². The quantitative estimate of drug-likeness (QED) is 0.313. The molecule has 160 valence electrons. The number of anilines is 1. The van der Waals surface area contributed by atoms with E-state index in [-0.39, 0.29) is 22.8 Å². The van der Waals surface area contributed by atoms with Crippen molar-refractivity contribution in [1.82, 2.24) is 9.78 Å². The Balaban J connectivity index is 1.67. The number of amides is 1. The molecule has 0 aliphatic rings. The van der Waals surface area contributed by atoms with Gasteiger partial charge in [-0.1, -0.05) is 29.8 Å². The summed E-state index contributed by atoms with van der Waals surface area (Å²) in [5, 5.41) is 18.3. The Kier molecular flexibility index (Phi) is 5.96. The van der Waals surface area contributed by atoms with Crippen LogP contribution in [0.4, 0.5) is 15.8 Å². The van der Waals surface area contributed by atoms with Crippen LogP contribution in [0.5, 0.6) is 0 Å². The monoisotopic (exact) mass is 450 g/mol. The molecule has 0 aliphatic heterocycles. The normalized spacial score (nSPS) is 10.7. The molecule has 0 fully saturated rings. The van der Waals surface area contributed by atoms with Gasteiger partial charge >= 0.3 is 0 Å². The standard InChI is InChI=1S/C23H16ClFN4O3/c24-17-8-11-21(20(25)13-17)26-22(30)12-16-14-28(18-4-2-1-3-5-18)27-23(16)15-6-9-19(10-7-15)29(31)32/h1-11,13-14H,12H2,(H,26,30). The molecule has 0 radical (unpaired) electrons. The van der Waals surface area contributed by atoms with Crippen molar-refractivity contribution in [2.75, 3.05) is 5.32 Å². The second-order valence-corrected chi connectivity index (χ2v) is 7.37. The molecule has 3 aromatic carbocycles. The Morgan fingerprint density at radius 3 is 2.47 bits per heavy atom. The maximum atomic E-state index is 14.1. The van der Waals surface area contributed by atoms with Crippen LogP contribution in [0.1, 0.15) is 5.56 Å². The summed E-state index contributed by atoms with van der Waals surface area (Å²) < 4.78 is 15.7. The number of aromatic nitrogens is 2. The minimum absolute atomic E-state index is 0.0201. The molecule has 7 nitrogen and oxygen atoms in total. The molecule has 1 amide bonds. The van der Waals surface area contributed by atoms with Crippen LogP contribution in [0.3, 0.4) is 0 Å². The van der Waals surface area contributed by atoms with Gasteiger partial charge in [0.25, 0.3) is 5.69 Å². The maximum Gasteiger partial charge on any atom is 0.269 e. The Morgan fingerprint density at radius 2 is 1.81 bits per heavy atom. The lowest BCUT2D eigenvalue weighted by atomic mass is 10.1. The summed E-state index contributed by atoms with van der Waals surface area (Å²) in [4.78, 5) is 23.1. The lowest BCUT2D eigenvalue weighted by molar-refractivity contribution is -0.384. The van der Waals surface area contributed by atoms with Gasteiger partial charge < -0.3 is 5.32 Å². The minimum atomic E-state index is -0.638. The molecule has 4 aromatic rings. The summed E-state index contributed by atoms with van der Waals surface area (Å²) in [6, 6.07) is 19.2. The number of non-ortho nitro benzene ring substituents is 1. The van der Waals surface area contributed by atoms with E-state index >= 15 is 0 Å². The number of nitrogens with zero attached hydrogens (tertiary/aromatic N) is 3. The van der Waals surface area contributed by atoms with Gasteiger partial charge in [-0.05, 0) is 42.5 Å². The van der Waals surface area contributed by atoms with E-state index in [9.17, 15) is 19.3 Å². The zero-order valence-electron chi connectivity index (χ0n) is 16.5. The number of nitrogens with one attached hydrogen (secondary N) is 1. The molecule has 0 saturated carbocycles. The second kappa shape index (κ2) is 8.99. The lowest BCUT2D eigenvalue weighted by Gasteiger charge is -2.07. The zero-order valence-corrected chi connectivity index (χ0v) is 17.3. The first-order valence-corrected chi connectivity index (χ1v) is 9.92. The van der Waals surface area contributed by atoms with E-state index in [4.69, 9.17) is 11.6 Å². The number of carbonyl (C=O) groups is 1. The van der Waals surface area contributed by atoms with Gasteiger partial charge in [0.05, 0.1) is 28.4 Å². The summed E-state index contributed by atoms with van der Waals surface area (Å²) >= 11 is 5.76. The van der Waals surface area contributed by atoms with E-state index in [1.54, 1.807) is 23.0 Å². The highest BCUT2D eigenvalue weighted by molar-refractivity contribution is 6.30. The molecular formula is C23H16ClFN4O3. The highest BCUT2D eigenvalue weighted by Crippen LogP contribution is 2.27. The van der Waals surface area contributed by atoms with Crippen LogP contribution in [0, 0.1) is 15.9 Å². The molecule has 0 bridgehead atoms. The first-order chi connectivity index (χ1) is 15.4. The number of rotatable bonds is 6. The second-order valence-electron chi connectivity index (χ2n) is 6.94. The van der Waals surface area contributed by atoms with Crippen molar-refractivity contribution in [2.45, 2.75) is 6.42 Å². The molecule has 0 saturated heterocycles. The van der Waals surface area contributed by atoms with E-state index in [0.29, 0.717) is 16.8 Å². The summed E-state index contributed by atoms with van der Waals surface area (Å²) in [5.41, 5.74) is 2.45. The fraction of sp³-hybridized carbons (Fsp3) is 0.0435. The van der Waals surface area contributed by atoms with Crippen molar-refractivity contribution in [3.63, 3.8) is 0 Å². The van der Waals surface area contributed by atoms with Gasteiger partial charge in [-0.3, -0.25) is 14.9 Å². The third-order valence-corrected chi connectivity index (χ3v) is 4.95. The number of carbonyl (C=O) groups excluding carboxylic acids is 1. The van der Waals surface area contributed by atoms with Crippen LogP contribution in [0.2, 0.25) is 5.02 Å². The fourth-order valence-corrected chi connectivity index (χ4v) is 3.35. The Labute approximate surface area is 187 Å². The first kappa shape index (κ1) is 21.2. The van der Waals surface area contributed by atoms with E-state index in [1.807, 2.05) is 30.3 Å². The van der Waals surface area contributed by atoms with Crippen LogP contribution in [-0.2, 0) is 11.2 Å². The average molecular weight is 451 g/mol. The van der Waals surface area contributed by atoms with Gasteiger partial charge in [-0.2, -0.15) is 5.10 Å². The third kappa shape index (κ3) is 4.65. The number of nitro benzene ring substituents is 1. The molecule has 1 heterocycles. The lowest BCUT2D eigenvalue weighted by Crippen LogP contribution is -2.15. The van der Waals surface area contributed by atoms with Crippen LogP contribution in [-0.4, -0.2) is 20.6 Å². The predicted molar refractivity (Wildman–Crippen MR) is 119 cm³/mol. The highest BCUT2D eigenvalue weighted by Gasteiger charge is 2.17. The molecule has 1 N–H and O–H groups in total. The smallest absolute Gasteiger partial charge is 0.269 e. The van der Waals surface area contributed by atoms with Gasteiger partial charge in [-0.15, -0.1) is 0 Å². The highest BCUT2D eigenvalue weighted by atomic mass is 35.5. The molecule has 9 heteroatoms. The van der Waals surface area contributed by atoms with Gasteiger partial charge in [0.1, 0.15) is 5.82 Å². The molecule has 0 aliphatic carbocycles. The fourth-order valence-electron chi connectivity index (χ4n) is 3.19. The summed E-state index contributed by atoms with van der Waals surface area (Å²) in [5.74, 6) is -1.08. The van der Waals surface area contributed by atoms with Crippen LogP contribution >= 0.6 is 11.6 Å². The van der Waals surface area contributed by atoms with E-state index < -0.39 is 16.6 Å². The third-order valence-electron chi connectivity index (χ3n) is 4.72. The summed E-state index contributed by atoms with van der Waals surface area (Å²) in [7, 11) is 0. The number of para-hydroxylation sites is 1. The van der Waals surface area contributed by atoms with E-state index in [1.165, 1.54) is 24.3 Å². The molecule has 0 unspecified atom stereocenters. The topological polar surface area (TPSA) is 90.1 Å². The molecule has 1 aromatic heterocycles.